The molecule has 4 aliphatic rings. The van der Waals surface area contributed by atoms with Crippen molar-refractivity contribution >= 4 is 11.8 Å². The molecule has 0 aromatic heterocycles. The zero-order chi connectivity index (χ0) is 47.1. The van der Waals surface area contributed by atoms with Crippen molar-refractivity contribution < 1.29 is 68.6 Å². The number of carbonyl (C=O) groups is 2. The highest BCUT2D eigenvalue weighted by Crippen LogP contribution is 2.30. The number of aliphatic hydroxyl groups is 6. The van der Waals surface area contributed by atoms with Crippen LogP contribution in [0.3, 0.4) is 0 Å². The minimum Gasteiger partial charge on any atom is -0.389 e. The van der Waals surface area contributed by atoms with Crippen LogP contribution in [0.5, 0.6) is 0 Å². The third-order valence-corrected chi connectivity index (χ3v) is 12.7. The molecule has 64 heavy (non-hydrogen) atoms. The first-order valence-corrected chi connectivity index (χ1v) is 22.9. The molecule has 0 radical (unpaired) electrons. The van der Waals surface area contributed by atoms with E-state index in [0.717, 1.165) is 38.5 Å². The third-order valence-electron chi connectivity index (χ3n) is 12.7. The van der Waals surface area contributed by atoms with E-state index in [1.807, 2.05) is 0 Å². The summed E-state index contributed by atoms with van der Waals surface area (Å²) in [6.45, 7) is 1.58. The number of rotatable bonds is 25. The van der Waals surface area contributed by atoms with Crippen LogP contribution >= 0.6 is 0 Å². The summed E-state index contributed by atoms with van der Waals surface area (Å²) in [5, 5.41) is 68.8. The largest absolute Gasteiger partial charge is 0.389 e. The van der Waals surface area contributed by atoms with Gasteiger partial charge < -0.3 is 116 Å². The van der Waals surface area contributed by atoms with Gasteiger partial charge >= 0.3 is 0 Å². The Morgan fingerprint density at radius 2 is 0.844 bits per heavy atom. The molecule has 24 N–H and O–H groups in total. The van der Waals surface area contributed by atoms with E-state index >= 15 is 0 Å². The predicted molar refractivity (Wildman–Crippen MR) is 230 cm³/mol. The lowest BCUT2D eigenvalue weighted by atomic mass is 9.84. The molecule has 2 saturated carbocycles. The van der Waals surface area contributed by atoms with E-state index in [4.69, 9.17) is 74.3 Å². The summed E-state index contributed by atoms with van der Waals surface area (Å²) < 4.78 is 35.4. The third kappa shape index (κ3) is 15.3. The van der Waals surface area contributed by atoms with Crippen molar-refractivity contribution in [3.05, 3.63) is 0 Å². The van der Waals surface area contributed by atoms with Crippen molar-refractivity contribution in [1.29, 1.82) is 0 Å². The molecule has 0 aromatic carbocycles. The fourth-order valence-corrected chi connectivity index (χ4v) is 8.63. The molecule has 0 bridgehead atoms. The fourth-order valence-electron chi connectivity index (χ4n) is 8.63. The number of nitrogens with two attached hydrogens (primary N) is 8. The van der Waals surface area contributed by atoms with Gasteiger partial charge in [-0.3, -0.25) is 9.59 Å². The summed E-state index contributed by atoms with van der Waals surface area (Å²) in [7, 11) is 0. The molecule has 24 nitrogen and oxygen atoms in total. The molecule has 2 heterocycles. The highest BCUT2D eigenvalue weighted by atomic mass is 16.7. The smallest absolute Gasteiger partial charge is 0.220 e. The molecule has 0 aromatic rings. The van der Waals surface area contributed by atoms with Gasteiger partial charge in [0.2, 0.25) is 11.8 Å². The van der Waals surface area contributed by atoms with E-state index in [-0.39, 0.29) is 50.6 Å². The number of nitrogens with one attached hydrogen (secondary N) is 2. The minimum atomic E-state index is -1.36. The zero-order valence-corrected chi connectivity index (χ0v) is 36.8. The second-order valence-corrected chi connectivity index (χ2v) is 17.7. The maximum Gasteiger partial charge on any atom is 0.220 e. The van der Waals surface area contributed by atoms with Crippen molar-refractivity contribution in [2.45, 2.75) is 199 Å². The van der Waals surface area contributed by atoms with Gasteiger partial charge in [0.15, 0.2) is 12.6 Å². The Hall–Kier alpha value is -1.86. The first-order valence-electron chi connectivity index (χ1n) is 22.9. The van der Waals surface area contributed by atoms with Crippen LogP contribution in [0, 0.1) is 0 Å². The predicted octanol–water partition coefficient (Wildman–Crippen LogP) is -7.04. The molecule has 2 aliphatic heterocycles. The Balaban J connectivity index is 0.980. The molecule has 4 fully saturated rings. The van der Waals surface area contributed by atoms with Crippen molar-refractivity contribution in [1.82, 2.24) is 10.6 Å². The molecule has 374 valence electrons. The molecule has 24 heteroatoms. The Labute approximate surface area is 375 Å². The summed E-state index contributed by atoms with van der Waals surface area (Å²) in [5.41, 5.74) is 48.2. The van der Waals surface area contributed by atoms with Crippen LogP contribution in [0.25, 0.3) is 0 Å². The van der Waals surface area contributed by atoms with Crippen LogP contribution in [-0.2, 0) is 38.0 Å². The van der Waals surface area contributed by atoms with Crippen LogP contribution in [0.1, 0.15) is 77.0 Å². The quantitative estimate of drug-likeness (QED) is 0.0378. The van der Waals surface area contributed by atoms with Crippen LogP contribution in [-0.4, -0.2) is 204 Å². The lowest BCUT2D eigenvalue weighted by Gasteiger charge is -2.46. The molecule has 0 unspecified atom stereocenters. The molecule has 4 rings (SSSR count). The lowest BCUT2D eigenvalue weighted by Crippen LogP contribution is -2.67. The Morgan fingerprint density at radius 3 is 1.20 bits per heavy atom. The second-order valence-electron chi connectivity index (χ2n) is 17.7. The maximum absolute atomic E-state index is 12.3. The van der Waals surface area contributed by atoms with E-state index in [1.165, 1.54) is 0 Å². The van der Waals surface area contributed by atoms with Gasteiger partial charge in [-0.2, -0.15) is 0 Å². The molecular weight excluding hydrogens is 844 g/mol. The van der Waals surface area contributed by atoms with Gasteiger partial charge in [0.1, 0.15) is 61.0 Å². The number of hydrogen-bond acceptors (Lipinski definition) is 22. The maximum atomic E-state index is 12.3. The van der Waals surface area contributed by atoms with Gasteiger partial charge in [-0.15, -0.1) is 0 Å². The highest BCUT2D eigenvalue weighted by molar-refractivity contribution is 5.83. The number of carbonyl (C=O) groups excluding carboxylic acids is 2. The van der Waals surface area contributed by atoms with Gasteiger partial charge in [0, 0.05) is 76.4 Å². The monoisotopic (exact) mass is 925 g/mol. The molecule has 2 aliphatic carbocycles. The minimum absolute atomic E-state index is 0.00951. The van der Waals surface area contributed by atoms with Gasteiger partial charge in [-0.1, -0.05) is 25.7 Å². The first kappa shape index (κ1) is 54.7. The van der Waals surface area contributed by atoms with Crippen LogP contribution in [0.2, 0.25) is 0 Å². The number of amides is 2. The van der Waals surface area contributed by atoms with Gasteiger partial charge in [-0.05, 0) is 38.5 Å². The average molecular weight is 925 g/mol. The number of ether oxygens (including phenoxy) is 6. The van der Waals surface area contributed by atoms with Crippen LogP contribution in [0.4, 0.5) is 0 Å². The van der Waals surface area contributed by atoms with Gasteiger partial charge in [0.05, 0.1) is 24.3 Å². The first-order chi connectivity index (χ1) is 30.5. The van der Waals surface area contributed by atoms with Crippen LogP contribution in [0.15, 0.2) is 0 Å². The summed E-state index contributed by atoms with van der Waals surface area (Å²) in [6, 6.07) is -4.83. The summed E-state index contributed by atoms with van der Waals surface area (Å²) in [4.78, 5) is 24.6. The van der Waals surface area contributed by atoms with Gasteiger partial charge in [-0.25, -0.2) is 0 Å². The average Bonchev–Trinajstić information content (AvgIpc) is 3.27. The lowest BCUT2D eigenvalue weighted by molar-refractivity contribution is -0.293. The van der Waals surface area contributed by atoms with Crippen molar-refractivity contribution in [2.75, 3.05) is 39.4 Å². The zero-order valence-electron chi connectivity index (χ0n) is 36.8. The highest BCUT2D eigenvalue weighted by Gasteiger charge is 2.50. The Bertz CT molecular complexity index is 1270. The Morgan fingerprint density at radius 1 is 0.484 bits per heavy atom. The van der Waals surface area contributed by atoms with Crippen molar-refractivity contribution in [2.24, 2.45) is 45.9 Å². The van der Waals surface area contributed by atoms with E-state index in [1.54, 1.807) is 0 Å². The molecule has 0 spiro atoms. The summed E-state index contributed by atoms with van der Waals surface area (Å²) in [6.07, 6.45) is -8.32. The summed E-state index contributed by atoms with van der Waals surface area (Å²) >= 11 is 0. The Kier molecular flexibility index (Phi) is 23.3. The number of unbranched alkanes of at least 4 members (excludes halogenated alkanes) is 6. The number of hydrogen-bond donors (Lipinski definition) is 16. The van der Waals surface area contributed by atoms with Gasteiger partial charge in [0.25, 0.3) is 0 Å². The standard InChI is InChI=1S/C40H80N10O14/c41-17-23-37(31(55)27(47)39(61-23)63-35-21(45)15-19(43)29(53)33(35)57)59-13-7-3-1-5-11-49-25(51)9-10-26(52)50-12-6-2-4-8-14-60-38-24(18-42)62-40(28(48)32(38)56)64-36-22(46)16-20(44)30(54)34(36)58/h19-24,27-40,53-58H,1-18,41-48H2,(H,49,51)(H,50,52)/t19-,20-,21+,22+,23-,24-,27-,28-,29+,30+,31-,32-,33-,34-,35-,36-,37-,38-,39-,40-/m1/s1. The summed E-state index contributed by atoms with van der Waals surface area (Å²) in [5.74, 6) is -0.412. The molecule has 2 amide bonds. The van der Waals surface area contributed by atoms with E-state index in [2.05, 4.69) is 10.6 Å². The molecule has 20 atom stereocenters. The second kappa shape index (κ2) is 27.2. The van der Waals surface area contributed by atoms with E-state index < -0.39 is 122 Å². The molecular formula is C40H80N10O14. The SMILES string of the molecule is NC[C@H]1O[C@H](O[C@H]2[C@H](O)[C@@H](O)[C@H](N)C[C@@H]2N)[C@H](N)[C@@H](O)[C@@H]1OCCCCCCNC(=O)CCC(=O)NCCCCCCO[C@H]1[C@H](O)[C@@H](N)[C@@H](O[C@H]2[C@H](O)[C@@H](O)[C@H](N)C[C@@H]2N)O[C@@H]1CN. The molecule has 2 saturated heterocycles. The fraction of sp³-hybridized carbons (Fsp3) is 0.950. The number of aliphatic hydroxyl groups excluding tert-OH is 6. The van der Waals surface area contributed by atoms with E-state index in [9.17, 15) is 40.2 Å². The topological polar surface area (TPSA) is 443 Å². The van der Waals surface area contributed by atoms with Crippen molar-refractivity contribution in [3.8, 4) is 0 Å². The normalized spacial score (nSPS) is 40.5. The van der Waals surface area contributed by atoms with Crippen molar-refractivity contribution in [3.63, 3.8) is 0 Å². The van der Waals surface area contributed by atoms with Crippen LogP contribution < -0.4 is 56.5 Å². The van der Waals surface area contributed by atoms with E-state index in [0.29, 0.717) is 39.1 Å².